The third-order valence-corrected chi connectivity index (χ3v) is 5.19. The number of esters is 1. The number of anilines is 1. The van der Waals surface area contributed by atoms with Gasteiger partial charge in [-0.05, 0) is 42.2 Å². The maximum absolute atomic E-state index is 12.3. The molecule has 1 fully saturated rings. The van der Waals surface area contributed by atoms with E-state index in [1.807, 2.05) is 0 Å². The van der Waals surface area contributed by atoms with E-state index >= 15 is 0 Å². The lowest BCUT2D eigenvalue weighted by molar-refractivity contribution is -0.142. The van der Waals surface area contributed by atoms with Gasteiger partial charge in [-0.1, -0.05) is 18.2 Å². The van der Waals surface area contributed by atoms with E-state index in [4.69, 9.17) is 4.74 Å². The van der Waals surface area contributed by atoms with E-state index < -0.39 is 10.0 Å². The standard InChI is InChI=1S/C16H16N2O4S/c1-22-16(19)14-10-13(14)11-5-7-12(8-6-11)23(20,21)18-15-4-2-3-9-17-15/h2-9,13-14H,10H2,1H3,(H,17,18). The molecule has 7 heteroatoms. The van der Waals surface area contributed by atoms with Crippen LogP contribution in [0, 0.1) is 5.92 Å². The Kier molecular flexibility index (Phi) is 4.04. The second-order valence-corrected chi connectivity index (χ2v) is 7.04. The number of sulfonamides is 1. The summed E-state index contributed by atoms with van der Waals surface area (Å²) in [4.78, 5) is 15.5. The molecular weight excluding hydrogens is 316 g/mol. The van der Waals surface area contributed by atoms with Crippen LogP contribution < -0.4 is 4.72 Å². The topological polar surface area (TPSA) is 85.4 Å². The van der Waals surface area contributed by atoms with Crippen LogP contribution in [0.25, 0.3) is 0 Å². The number of pyridine rings is 1. The molecule has 0 spiro atoms. The lowest BCUT2D eigenvalue weighted by Crippen LogP contribution is -2.13. The predicted octanol–water partition coefficient (Wildman–Crippen LogP) is 2.16. The molecule has 1 N–H and O–H groups in total. The van der Waals surface area contributed by atoms with Gasteiger partial charge in [0.15, 0.2) is 0 Å². The van der Waals surface area contributed by atoms with Gasteiger partial charge in [0.2, 0.25) is 0 Å². The van der Waals surface area contributed by atoms with E-state index in [0.29, 0.717) is 0 Å². The number of hydrogen-bond donors (Lipinski definition) is 1. The van der Waals surface area contributed by atoms with Crippen molar-refractivity contribution in [1.82, 2.24) is 4.98 Å². The third-order valence-electron chi connectivity index (χ3n) is 3.82. The number of nitrogens with one attached hydrogen (secondary N) is 1. The molecule has 0 bridgehead atoms. The molecule has 1 saturated carbocycles. The summed E-state index contributed by atoms with van der Waals surface area (Å²) < 4.78 is 31.7. The molecule has 0 amide bonds. The van der Waals surface area contributed by atoms with Crippen molar-refractivity contribution in [2.24, 2.45) is 5.92 Å². The van der Waals surface area contributed by atoms with Gasteiger partial charge < -0.3 is 4.74 Å². The van der Waals surface area contributed by atoms with Crippen LogP contribution in [0.2, 0.25) is 0 Å². The number of carbonyl (C=O) groups excluding carboxylic acids is 1. The SMILES string of the molecule is COC(=O)C1CC1c1ccc(S(=O)(=O)Nc2ccccn2)cc1. The van der Waals surface area contributed by atoms with Crippen LogP contribution in [0.15, 0.2) is 53.6 Å². The highest BCUT2D eigenvalue weighted by atomic mass is 32.2. The number of rotatable bonds is 5. The van der Waals surface area contributed by atoms with Gasteiger partial charge in [-0.15, -0.1) is 0 Å². The number of benzene rings is 1. The van der Waals surface area contributed by atoms with Crippen molar-refractivity contribution >= 4 is 21.8 Å². The Morgan fingerprint density at radius 1 is 1.22 bits per heavy atom. The molecule has 1 aliphatic carbocycles. The number of nitrogens with zero attached hydrogens (tertiary/aromatic N) is 1. The van der Waals surface area contributed by atoms with E-state index in [1.165, 1.54) is 25.4 Å². The van der Waals surface area contributed by atoms with Crippen LogP contribution in [-0.4, -0.2) is 26.5 Å². The minimum Gasteiger partial charge on any atom is -0.469 e. The average Bonchev–Trinajstić information content (AvgIpc) is 3.35. The van der Waals surface area contributed by atoms with Gasteiger partial charge in [0.1, 0.15) is 5.82 Å². The highest BCUT2D eigenvalue weighted by molar-refractivity contribution is 7.92. The molecule has 0 saturated heterocycles. The van der Waals surface area contributed by atoms with Crippen molar-refractivity contribution in [3.05, 3.63) is 54.2 Å². The van der Waals surface area contributed by atoms with Crippen molar-refractivity contribution in [2.75, 3.05) is 11.8 Å². The van der Waals surface area contributed by atoms with Gasteiger partial charge in [0.05, 0.1) is 17.9 Å². The summed E-state index contributed by atoms with van der Waals surface area (Å²) in [5, 5.41) is 0. The Hall–Kier alpha value is -2.41. The fourth-order valence-electron chi connectivity index (χ4n) is 2.49. The summed E-state index contributed by atoms with van der Waals surface area (Å²) in [6.07, 6.45) is 2.26. The first-order valence-electron chi connectivity index (χ1n) is 7.13. The van der Waals surface area contributed by atoms with Crippen LogP contribution >= 0.6 is 0 Å². The minimum absolute atomic E-state index is 0.114. The van der Waals surface area contributed by atoms with Crippen molar-refractivity contribution in [3.8, 4) is 0 Å². The minimum atomic E-state index is -3.67. The maximum atomic E-state index is 12.3. The van der Waals surface area contributed by atoms with Gasteiger partial charge >= 0.3 is 5.97 Å². The average molecular weight is 332 g/mol. The smallest absolute Gasteiger partial charge is 0.309 e. The first kappa shape index (κ1) is 15.5. The number of carbonyl (C=O) groups is 1. The van der Waals surface area contributed by atoms with E-state index in [-0.39, 0.29) is 28.5 Å². The van der Waals surface area contributed by atoms with Crippen LogP contribution in [0.3, 0.4) is 0 Å². The molecule has 0 aliphatic heterocycles. The monoisotopic (exact) mass is 332 g/mol. The summed E-state index contributed by atoms with van der Waals surface area (Å²) in [5.41, 5.74) is 0.942. The first-order chi connectivity index (χ1) is 11.0. The molecule has 23 heavy (non-hydrogen) atoms. The molecule has 1 aromatic heterocycles. The number of hydrogen-bond acceptors (Lipinski definition) is 5. The third kappa shape index (κ3) is 3.34. The summed E-state index contributed by atoms with van der Waals surface area (Å²) in [7, 11) is -2.30. The quantitative estimate of drug-likeness (QED) is 0.848. The molecule has 0 radical (unpaired) electrons. The van der Waals surface area contributed by atoms with E-state index in [1.54, 1.807) is 30.3 Å². The fourth-order valence-corrected chi connectivity index (χ4v) is 3.50. The Bertz CT molecular complexity index is 804. The number of ether oxygens (including phenoxy) is 1. The summed E-state index contributed by atoms with van der Waals surface area (Å²) in [5.74, 6) is 0.0464. The van der Waals surface area contributed by atoms with Gasteiger partial charge in [0.25, 0.3) is 10.0 Å². The van der Waals surface area contributed by atoms with Gasteiger partial charge in [-0.2, -0.15) is 0 Å². The van der Waals surface area contributed by atoms with Crippen LogP contribution in [-0.2, 0) is 19.6 Å². The lowest BCUT2D eigenvalue weighted by Gasteiger charge is -2.08. The second kappa shape index (κ2) is 6.00. The zero-order valence-corrected chi connectivity index (χ0v) is 13.3. The molecular formula is C16H16N2O4S. The van der Waals surface area contributed by atoms with Crippen LogP contribution in [0.1, 0.15) is 17.9 Å². The largest absolute Gasteiger partial charge is 0.469 e. The maximum Gasteiger partial charge on any atom is 0.309 e. The molecule has 2 aromatic rings. The molecule has 3 rings (SSSR count). The fraction of sp³-hybridized carbons (Fsp3) is 0.250. The zero-order chi connectivity index (χ0) is 16.4. The summed E-state index contributed by atoms with van der Waals surface area (Å²) >= 11 is 0. The van der Waals surface area contributed by atoms with Crippen molar-refractivity contribution in [1.29, 1.82) is 0 Å². The summed E-state index contributed by atoms with van der Waals surface area (Å²) in [6.45, 7) is 0. The predicted molar refractivity (Wildman–Crippen MR) is 84.4 cm³/mol. The van der Waals surface area contributed by atoms with Gasteiger partial charge in [-0.25, -0.2) is 13.4 Å². The zero-order valence-electron chi connectivity index (χ0n) is 12.5. The molecule has 1 aliphatic rings. The van der Waals surface area contributed by atoms with E-state index in [2.05, 4.69) is 9.71 Å². The Balaban J connectivity index is 1.73. The molecule has 1 heterocycles. The second-order valence-electron chi connectivity index (χ2n) is 5.36. The molecule has 120 valence electrons. The van der Waals surface area contributed by atoms with Crippen molar-refractivity contribution < 1.29 is 17.9 Å². The van der Waals surface area contributed by atoms with E-state index in [0.717, 1.165) is 12.0 Å². The number of methoxy groups -OCH3 is 1. The van der Waals surface area contributed by atoms with Gasteiger partial charge in [0, 0.05) is 6.20 Å². The van der Waals surface area contributed by atoms with Crippen LogP contribution in [0.4, 0.5) is 5.82 Å². The Morgan fingerprint density at radius 3 is 2.57 bits per heavy atom. The molecule has 2 unspecified atom stereocenters. The Labute approximate surface area is 134 Å². The van der Waals surface area contributed by atoms with Crippen LogP contribution in [0.5, 0.6) is 0 Å². The van der Waals surface area contributed by atoms with Crippen molar-refractivity contribution in [2.45, 2.75) is 17.2 Å². The molecule has 2 atom stereocenters. The summed E-state index contributed by atoms with van der Waals surface area (Å²) in [6, 6.07) is 11.5. The van der Waals surface area contributed by atoms with Crippen molar-refractivity contribution in [3.63, 3.8) is 0 Å². The Morgan fingerprint density at radius 2 is 1.96 bits per heavy atom. The molecule has 6 nitrogen and oxygen atoms in total. The normalized spacial score (nSPS) is 19.9. The van der Waals surface area contributed by atoms with Gasteiger partial charge in [-0.3, -0.25) is 9.52 Å². The van der Waals surface area contributed by atoms with E-state index in [9.17, 15) is 13.2 Å². The molecule has 1 aromatic carbocycles. The number of aromatic nitrogens is 1. The first-order valence-corrected chi connectivity index (χ1v) is 8.61. The highest BCUT2D eigenvalue weighted by Crippen LogP contribution is 2.48. The highest BCUT2D eigenvalue weighted by Gasteiger charge is 2.44. The lowest BCUT2D eigenvalue weighted by atomic mass is 10.1.